The van der Waals surface area contributed by atoms with Crippen LogP contribution in [-0.2, 0) is 19.1 Å². The van der Waals surface area contributed by atoms with Gasteiger partial charge in [0, 0.05) is 5.69 Å². The Bertz CT molecular complexity index is 1070. The zero-order chi connectivity index (χ0) is 21.6. The molecule has 30 heavy (non-hydrogen) atoms. The highest BCUT2D eigenvalue weighted by Gasteiger charge is 2.32. The van der Waals surface area contributed by atoms with E-state index in [1.165, 1.54) is 12.1 Å². The number of ether oxygens (including phenoxy) is 1. The standard InChI is InChI=1S/C23H23NO5S/c1-17(23(25)24-19-13-15-20(28-2)16-14-19)22(18-9-5-3-6-10-18)29-30(26,27)21-11-7-4-8-12-21/h3-17,22H,1-2H3,(H,24,25)/t17-,22+/m0/s1. The van der Waals surface area contributed by atoms with E-state index in [0.29, 0.717) is 17.0 Å². The van der Waals surface area contributed by atoms with Crippen LogP contribution in [0.15, 0.2) is 89.8 Å². The van der Waals surface area contributed by atoms with Crippen LogP contribution in [0.4, 0.5) is 5.69 Å². The first-order valence-corrected chi connectivity index (χ1v) is 10.8. The molecule has 0 aliphatic carbocycles. The highest BCUT2D eigenvalue weighted by Crippen LogP contribution is 2.31. The lowest BCUT2D eigenvalue weighted by Crippen LogP contribution is -2.29. The maximum Gasteiger partial charge on any atom is 0.297 e. The first-order valence-electron chi connectivity index (χ1n) is 9.39. The third kappa shape index (κ3) is 5.25. The molecule has 0 radical (unpaired) electrons. The number of nitrogens with one attached hydrogen (secondary N) is 1. The minimum absolute atomic E-state index is 0.0358. The predicted octanol–water partition coefficient (Wildman–Crippen LogP) is 4.42. The Kier molecular flexibility index (Phi) is 6.87. The van der Waals surface area contributed by atoms with Crippen LogP contribution >= 0.6 is 0 Å². The van der Waals surface area contributed by atoms with Gasteiger partial charge in [-0.15, -0.1) is 0 Å². The summed E-state index contributed by atoms with van der Waals surface area (Å²) in [5, 5.41) is 2.80. The van der Waals surface area contributed by atoms with Crippen molar-refractivity contribution in [3.63, 3.8) is 0 Å². The highest BCUT2D eigenvalue weighted by atomic mass is 32.2. The maximum atomic E-state index is 12.9. The molecule has 3 aromatic rings. The number of anilines is 1. The van der Waals surface area contributed by atoms with Crippen molar-refractivity contribution in [2.24, 2.45) is 5.92 Å². The van der Waals surface area contributed by atoms with Crippen LogP contribution in [0.3, 0.4) is 0 Å². The first-order chi connectivity index (χ1) is 14.4. The highest BCUT2D eigenvalue weighted by molar-refractivity contribution is 7.86. The Morgan fingerprint density at radius 1 is 0.867 bits per heavy atom. The number of benzene rings is 3. The second-order valence-electron chi connectivity index (χ2n) is 6.70. The van der Waals surface area contributed by atoms with Crippen molar-refractivity contribution in [1.82, 2.24) is 0 Å². The Morgan fingerprint density at radius 2 is 1.43 bits per heavy atom. The van der Waals surface area contributed by atoms with Crippen LogP contribution in [-0.4, -0.2) is 21.4 Å². The average Bonchev–Trinajstić information content (AvgIpc) is 2.78. The van der Waals surface area contributed by atoms with E-state index in [1.807, 2.05) is 6.07 Å². The fourth-order valence-corrected chi connectivity index (χ4v) is 4.07. The largest absolute Gasteiger partial charge is 0.497 e. The fraction of sp³-hybridized carbons (Fsp3) is 0.174. The van der Waals surface area contributed by atoms with Crippen molar-refractivity contribution in [3.05, 3.63) is 90.5 Å². The summed E-state index contributed by atoms with van der Waals surface area (Å²) in [5.41, 5.74) is 1.17. The summed E-state index contributed by atoms with van der Waals surface area (Å²) in [6, 6.07) is 23.6. The van der Waals surface area contributed by atoms with Crippen LogP contribution < -0.4 is 10.1 Å². The number of rotatable bonds is 8. The quantitative estimate of drug-likeness (QED) is 0.541. The van der Waals surface area contributed by atoms with Gasteiger partial charge in [-0.25, -0.2) is 0 Å². The van der Waals surface area contributed by atoms with Gasteiger partial charge in [0.1, 0.15) is 11.9 Å². The lowest BCUT2D eigenvalue weighted by molar-refractivity contribution is -0.122. The lowest BCUT2D eigenvalue weighted by Gasteiger charge is -2.24. The minimum Gasteiger partial charge on any atom is -0.497 e. The predicted molar refractivity (Wildman–Crippen MR) is 115 cm³/mol. The van der Waals surface area contributed by atoms with Crippen LogP contribution in [0.2, 0.25) is 0 Å². The SMILES string of the molecule is COc1ccc(NC(=O)[C@@H](C)[C@@H](OS(=O)(=O)c2ccccc2)c2ccccc2)cc1. The molecule has 3 aromatic carbocycles. The molecule has 2 atom stereocenters. The van der Waals surface area contributed by atoms with E-state index < -0.39 is 22.1 Å². The third-order valence-corrected chi connectivity index (χ3v) is 5.93. The van der Waals surface area contributed by atoms with E-state index >= 15 is 0 Å². The molecule has 1 N–H and O–H groups in total. The second-order valence-corrected chi connectivity index (χ2v) is 8.27. The summed E-state index contributed by atoms with van der Waals surface area (Å²) in [5.74, 6) is -0.481. The maximum absolute atomic E-state index is 12.9. The van der Waals surface area contributed by atoms with Gasteiger partial charge in [-0.1, -0.05) is 55.5 Å². The van der Waals surface area contributed by atoms with Gasteiger partial charge in [0.25, 0.3) is 10.1 Å². The molecule has 0 aliphatic heterocycles. The average molecular weight is 426 g/mol. The van der Waals surface area contributed by atoms with Crippen molar-refractivity contribution in [2.75, 3.05) is 12.4 Å². The molecule has 0 spiro atoms. The molecule has 0 aliphatic rings. The molecule has 0 heterocycles. The number of amides is 1. The van der Waals surface area contributed by atoms with Gasteiger partial charge in [0.2, 0.25) is 5.91 Å². The van der Waals surface area contributed by atoms with Gasteiger partial charge in [0.05, 0.1) is 17.9 Å². The molecule has 156 valence electrons. The van der Waals surface area contributed by atoms with Crippen LogP contribution in [0.5, 0.6) is 5.75 Å². The summed E-state index contributed by atoms with van der Waals surface area (Å²) in [4.78, 5) is 12.9. The second kappa shape index (κ2) is 9.56. The molecular formula is C23H23NO5S. The topological polar surface area (TPSA) is 81.7 Å². The van der Waals surface area contributed by atoms with Gasteiger partial charge < -0.3 is 10.1 Å². The fourth-order valence-electron chi connectivity index (χ4n) is 2.92. The third-order valence-electron chi connectivity index (χ3n) is 4.62. The number of carbonyl (C=O) groups is 1. The van der Waals surface area contributed by atoms with Crippen molar-refractivity contribution < 1.29 is 22.1 Å². The number of hydrogen-bond acceptors (Lipinski definition) is 5. The van der Waals surface area contributed by atoms with E-state index in [4.69, 9.17) is 8.92 Å². The van der Waals surface area contributed by atoms with E-state index in [-0.39, 0.29) is 10.8 Å². The molecule has 0 saturated heterocycles. The summed E-state index contributed by atoms with van der Waals surface area (Å²) in [6.45, 7) is 1.64. The van der Waals surface area contributed by atoms with Crippen LogP contribution in [0, 0.1) is 5.92 Å². The Labute approximate surface area is 176 Å². The molecule has 0 aromatic heterocycles. The molecule has 3 rings (SSSR count). The van der Waals surface area contributed by atoms with Gasteiger partial charge in [0.15, 0.2) is 0 Å². The molecule has 7 heteroatoms. The van der Waals surface area contributed by atoms with Gasteiger partial charge in [-0.2, -0.15) is 8.42 Å². The molecule has 0 saturated carbocycles. The normalized spacial score (nSPS) is 13.3. The van der Waals surface area contributed by atoms with Gasteiger partial charge in [-0.3, -0.25) is 8.98 Å². The zero-order valence-electron chi connectivity index (χ0n) is 16.7. The Balaban J connectivity index is 1.85. The summed E-state index contributed by atoms with van der Waals surface area (Å²) < 4.78 is 36.3. The van der Waals surface area contributed by atoms with E-state index in [9.17, 15) is 13.2 Å². The first kappa shape index (κ1) is 21.5. The summed E-state index contributed by atoms with van der Waals surface area (Å²) in [6.07, 6.45) is -0.991. The van der Waals surface area contributed by atoms with Crippen molar-refractivity contribution in [1.29, 1.82) is 0 Å². The molecular weight excluding hydrogens is 402 g/mol. The van der Waals surface area contributed by atoms with E-state index in [1.54, 1.807) is 80.8 Å². The molecule has 0 unspecified atom stereocenters. The van der Waals surface area contributed by atoms with E-state index in [2.05, 4.69) is 5.32 Å². The minimum atomic E-state index is -4.06. The Hall–Kier alpha value is -3.16. The zero-order valence-corrected chi connectivity index (χ0v) is 17.5. The monoisotopic (exact) mass is 425 g/mol. The molecule has 1 amide bonds. The summed E-state index contributed by atoms with van der Waals surface area (Å²) in [7, 11) is -2.50. The molecule has 0 bridgehead atoms. The number of methoxy groups -OCH3 is 1. The van der Waals surface area contributed by atoms with Crippen molar-refractivity contribution >= 4 is 21.7 Å². The van der Waals surface area contributed by atoms with Gasteiger partial charge >= 0.3 is 0 Å². The molecule has 6 nitrogen and oxygen atoms in total. The van der Waals surface area contributed by atoms with Crippen LogP contribution in [0.1, 0.15) is 18.6 Å². The van der Waals surface area contributed by atoms with E-state index in [0.717, 1.165) is 0 Å². The smallest absolute Gasteiger partial charge is 0.297 e. The summed E-state index contributed by atoms with van der Waals surface area (Å²) >= 11 is 0. The molecule has 0 fully saturated rings. The van der Waals surface area contributed by atoms with Crippen molar-refractivity contribution in [2.45, 2.75) is 17.9 Å². The Morgan fingerprint density at radius 3 is 2.00 bits per heavy atom. The lowest BCUT2D eigenvalue weighted by atomic mass is 9.96. The number of carbonyl (C=O) groups excluding carboxylic acids is 1. The van der Waals surface area contributed by atoms with Crippen LogP contribution in [0.25, 0.3) is 0 Å². The van der Waals surface area contributed by atoms with Crippen molar-refractivity contribution in [3.8, 4) is 5.75 Å². The number of hydrogen-bond donors (Lipinski definition) is 1. The van der Waals surface area contributed by atoms with Gasteiger partial charge in [-0.05, 0) is 42.0 Å².